The fourth-order valence-electron chi connectivity index (χ4n) is 1.25. The monoisotopic (exact) mass is 253 g/mol. The summed E-state index contributed by atoms with van der Waals surface area (Å²) >= 11 is 0.502. The lowest BCUT2D eigenvalue weighted by molar-refractivity contribution is -0.137. The first-order valence-corrected chi connectivity index (χ1v) is 5.62. The zero-order valence-corrected chi connectivity index (χ0v) is 10.1. The Balaban J connectivity index is 2.79. The summed E-state index contributed by atoms with van der Waals surface area (Å²) in [7, 11) is 0. The number of hydrogen-bond acceptors (Lipinski definition) is 3. The van der Waals surface area contributed by atoms with Crippen LogP contribution in [0.2, 0.25) is 0 Å². The molecule has 6 heteroatoms. The second kappa shape index (κ2) is 4.33. The molecule has 0 amide bonds. The highest BCUT2D eigenvalue weighted by atomic mass is 32.1. The quantitative estimate of drug-likeness (QED) is 0.873. The van der Waals surface area contributed by atoms with Crippen LogP contribution in [0.1, 0.15) is 43.2 Å². The number of halogens is 3. The Morgan fingerprint density at radius 2 is 1.94 bits per heavy atom. The summed E-state index contributed by atoms with van der Waals surface area (Å²) in [6.07, 6.45) is -3.80. The zero-order valence-electron chi connectivity index (χ0n) is 9.30. The molecule has 1 aromatic heterocycles. The highest BCUT2D eigenvalue weighted by Crippen LogP contribution is 2.37. The van der Waals surface area contributed by atoms with E-state index in [9.17, 15) is 18.3 Å². The molecule has 1 N–H and O–H groups in total. The molecule has 1 unspecified atom stereocenters. The summed E-state index contributed by atoms with van der Waals surface area (Å²) in [5.41, 5.74) is -0.137. The molecule has 0 aromatic carbocycles. The summed E-state index contributed by atoms with van der Waals surface area (Å²) in [5, 5.41) is 8.83. The standard InChI is InChI=1S/C10H14F3NOS/c1-9(2,3)4-6(15)7-5-14-8(16-7)10(11,12)13/h5-6,15H,4H2,1-3H3. The number of thiazole rings is 1. The maximum atomic E-state index is 12.3. The zero-order chi connectivity index (χ0) is 12.6. The van der Waals surface area contributed by atoms with Crippen LogP contribution < -0.4 is 0 Å². The lowest BCUT2D eigenvalue weighted by Crippen LogP contribution is -2.10. The van der Waals surface area contributed by atoms with E-state index < -0.39 is 17.3 Å². The summed E-state index contributed by atoms with van der Waals surface area (Å²) in [4.78, 5) is 3.54. The Morgan fingerprint density at radius 3 is 2.31 bits per heavy atom. The molecule has 1 aromatic rings. The molecule has 16 heavy (non-hydrogen) atoms. The van der Waals surface area contributed by atoms with Crippen LogP contribution in [0, 0.1) is 5.41 Å². The van der Waals surface area contributed by atoms with Crippen molar-refractivity contribution in [2.24, 2.45) is 5.41 Å². The van der Waals surface area contributed by atoms with Gasteiger partial charge in [0.2, 0.25) is 0 Å². The third kappa shape index (κ3) is 3.75. The molecule has 1 rings (SSSR count). The second-order valence-electron chi connectivity index (χ2n) is 4.85. The van der Waals surface area contributed by atoms with Gasteiger partial charge in [0, 0.05) is 6.20 Å². The van der Waals surface area contributed by atoms with E-state index >= 15 is 0 Å². The number of rotatable bonds is 2. The van der Waals surface area contributed by atoms with Gasteiger partial charge in [-0.1, -0.05) is 20.8 Å². The fraction of sp³-hybridized carbons (Fsp3) is 0.700. The summed E-state index contributed by atoms with van der Waals surface area (Å²) in [5.74, 6) is 0. The highest BCUT2D eigenvalue weighted by molar-refractivity contribution is 7.11. The van der Waals surface area contributed by atoms with Crippen molar-refractivity contribution in [2.45, 2.75) is 39.5 Å². The Labute approximate surface area is 96.1 Å². The predicted octanol–water partition coefficient (Wildman–Crippen LogP) is 3.63. The van der Waals surface area contributed by atoms with Crippen molar-refractivity contribution in [3.63, 3.8) is 0 Å². The van der Waals surface area contributed by atoms with Crippen molar-refractivity contribution in [3.8, 4) is 0 Å². The van der Waals surface area contributed by atoms with E-state index in [0.717, 1.165) is 6.20 Å². The molecule has 0 fully saturated rings. The smallest absolute Gasteiger partial charge is 0.387 e. The number of alkyl halides is 3. The lowest BCUT2D eigenvalue weighted by atomic mass is 9.89. The first kappa shape index (κ1) is 13.4. The molecule has 0 spiro atoms. The number of hydrogen-bond donors (Lipinski definition) is 1. The van der Waals surface area contributed by atoms with Gasteiger partial charge < -0.3 is 5.11 Å². The van der Waals surface area contributed by atoms with Crippen molar-refractivity contribution in [1.29, 1.82) is 0 Å². The first-order valence-electron chi connectivity index (χ1n) is 4.80. The van der Waals surface area contributed by atoms with Crippen LogP contribution in [0.3, 0.4) is 0 Å². The molecule has 2 nitrogen and oxygen atoms in total. The van der Waals surface area contributed by atoms with Crippen LogP contribution in [-0.4, -0.2) is 10.1 Å². The van der Waals surface area contributed by atoms with E-state index in [4.69, 9.17) is 0 Å². The third-order valence-electron chi connectivity index (χ3n) is 1.90. The molecule has 0 saturated heterocycles. The van der Waals surface area contributed by atoms with Gasteiger partial charge in [0.1, 0.15) is 0 Å². The fourth-order valence-corrected chi connectivity index (χ4v) is 2.02. The van der Waals surface area contributed by atoms with Crippen molar-refractivity contribution in [2.75, 3.05) is 0 Å². The van der Waals surface area contributed by atoms with Gasteiger partial charge in [-0.2, -0.15) is 13.2 Å². The van der Waals surface area contributed by atoms with Gasteiger partial charge in [0.15, 0.2) is 5.01 Å². The van der Waals surface area contributed by atoms with Crippen LogP contribution in [0.4, 0.5) is 13.2 Å². The van der Waals surface area contributed by atoms with Crippen molar-refractivity contribution < 1.29 is 18.3 Å². The van der Waals surface area contributed by atoms with Crippen LogP contribution in [-0.2, 0) is 6.18 Å². The average molecular weight is 253 g/mol. The van der Waals surface area contributed by atoms with E-state index in [1.807, 2.05) is 20.8 Å². The van der Waals surface area contributed by atoms with E-state index in [1.165, 1.54) is 0 Å². The van der Waals surface area contributed by atoms with E-state index in [0.29, 0.717) is 17.8 Å². The van der Waals surface area contributed by atoms with Gasteiger partial charge in [-0.3, -0.25) is 0 Å². The normalized spacial score (nSPS) is 15.2. The van der Waals surface area contributed by atoms with E-state index in [2.05, 4.69) is 4.98 Å². The van der Waals surface area contributed by atoms with Gasteiger partial charge in [-0.05, 0) is 11.8 Å². The molecule has 0 bridgehead atoms. The van der Waals surface area contributed by atoms with Gasteiger partial charge in [0.25, 0.3) is 0 Å². The van der Waals surface area contributed by atoms with Crippen molar-refractivity contribution in [3.05, 3.63) is 16.1 Å². The maximum Gasteiger partial charge on any atom is 0.443 e. The molecular weight excluding hydrogens is 239 g/mol. The van der Waals surface area contributed by atoms with E-state index in [-0.39, 0.29) is 10.3 Å². The summed E-state index contributed by atoms with van der Waals surface area (Å²) in [6, 6.07) is 0. The predicted molar refractivity (Wildman–Crippen MR) is 56.1 cm³/mol. The van der Waals surface area contributed by atoms with E-state index in [1.54, 1.807) is 0 Å². The van der Waals surface area contributed by atoms with Crippen LogP contribution in [0.15, 0.2) is 6.20 Å². The molecule has 0 saturated carbocycles. The maximum absolute atomic E-state index is 12.3. The molecule has 92 valence electrons. The molecular formula is C10H14F3NOS. The van der Waals surface area contributed by atoms with Gasteiger partial charge in [-0.15, -0.1) is 11.3 Å². The number of aromatic nitrogens is 1. The number of nitrogens with zero attached hydrogens (tertiary/aromatic N) is 1. The Hall–Kier alpha value is -0.620. The van der Waals surface area contributed by atoms with Gasteiger partial charge >= 0.3 is 6.18 Å². The first-order chi connectivity index (χ1) is 7.09. The molecule has 1 atom stereocenters. The third-order valence-corrected chi connectivity index (χ3v) is 3.04. The number of aliphatic hydroxyl groups is 1. The minimum atomic E-state index is -4.43. The second-order valence-corrected chi connectivity index (χ2v) is 5.91. The van der Waals surface area contributed by atoms with Crippen LogP contribution in [0.5, 0.6) is 0 Å². The van der Waals surface area contributed by atoms with Crippen molar-refractivity contribution in [1.82, 2.24) is 4.98 Å². The summed E-state index contributed by atoms with van der Waals surface area (Å²) in [6.45, 7) is 5.76. The van der Waals surface area contributed by atoms with Crippen LogP contribution >= 0.6 is 11.3 Å². The lowest BCUT2D eigenvalue weighted by Gasteiger charge is -2.21. The average Bonchev–Trinajstić information content (AvgIpc) is 2.46. The minimum absolute atomic E-state index is 0.137. The molecule has 0 aliphatic carbocycles. The molecule has 0 radical (unpaired) electrons. The minimum Gasteiger partial charge on any atom is -0.387 e. The largest absolute Gasteiger partial charge is 0.443 e. The van der Waals surface area contributed by atoms with Gasteiger partial charge in [-0.25, -0.2) is 4.98 Å². The molecule has 1 heterocycles. The Kier molecular flexibility index (Phi) is 3.64. The topological polar surface area (TPSA) is 33.1 Å². The SMILES string of the molecule is CC(C)(C)CC(O)c1cnc(C(F)(F)F)s1. The van der Waals surface area contributed by atoms with Gasteiger partial charge in [0.05, 0.1) is 11.0 Å². The van der Waals surface area contributed by atoms with Crippen molar-refractivity contribution >= 4 is 11.3 Å². The summed E-state index contributed by atoms with van der Waals surface area (Å²) < 4.78 is 36.8. The number of aliphatic hydroxyl groups excluding tert-OH is 1. The highest BCUT2D eigenvalue weighted by Gasteiger charge is 2.35. The Bertz CT molecular complexity index is 354. The molecule has 0 aliphatic heterocycles. The Morgan fingerprint density at radius 1 is 1.38 bits per heavy atom. The van der Waals surface area contributed by atoms with Crippen LogP contribution in [0.25, 0.3) is 0 Å². The molecule has 0 aliphatic rings.